The number of amides is 2. The fraction of sp³-hybridized carbons (Fsp3) is 0.421. The summed E-state index contributed by atoms with van der Waals surface area (Å²) in [7, 11) is -8.66. The normalized spacial score (nSPS) is 18.6. The van der Waals surface area contributed by atoms with Crippen molar-refractivity contribution in [2.75, 3.05) is 29.5 Å². The standard InChI is InChI=1S/C38H45N3O10S2.Na/c1-37(2)28-14-8-9-15-30(28)39(22-10-12-24-52(45,46)47)32(37)16-6-5-7-17-33-38(3,4)29-26-27(36(44)51-41-34(42)20-21-35(41)43)18-19-31(29)40(33)23-11-13-25-53(48,49)50;/h5-9,14-19,26H,10-13,20-25H2,1-4H3,(H-,45,46,47,48,49,50);/q;+1/p-1. The van der Waals surface area contributed by atoms with Crippen LogP contribution in [-0.2, 0) is 45.5 Å². The molecule has 5 rings (SSSR count). The van der Waals surface area contributed by atoms with Crippen LogP contribution in [0.2, 0.25) is 0 Å². The Morgan fingerprint density at radius 1 is 0.833 bits per heavy atom. The third kappa shape index (κ3) is 9.86. The monoisotopic (exact) mass is 789 g/mol. The summed E-state index contributed by atoms with van der Waals surface area (Å²) >= 11 is 0. The fourth-order valence-corrected chi connectivity index (χ4v) is 8.29. The van der Waals surface area contributed by atoms with Gasteiger partial charge < -0.3 is 18.8 Å². The van der Waals surface area contributed by atoms with Crippen LogP contribution in [0.5, 0.6) is 0 Å². The molecule has 13 nitrogen and oxygen atoms in total. The van der Waals surface area contributed by atoms with Crippen molar-refractivity contribution in [3.63, 3.8) is 0 Å². The number of rotatable bonds is 15. The Hall–Kier alpha value is -3.44. The number of hydrogen-bond acceptors (Lipinski definition) is 11. The van der Waals surface area contributed by atoms with Gasteiger partial charge in [0.05, 0.1) is 31.2 Å². The van der Waals surface area contributed by atoms with Gasteiger partial charge in [-0.2, -0.15) is 4.58 Å². The first-order valence-corrected chi connectivity index (χ1v) is 20.6. The Kier molecular flexibility index (Phi) is 13.7. The molecule has 0 unspecified atom stereocenters. The van der Waals surface area contributed by atoms with Gasteiger partial charge in [-0.1, -0.05) is 50.3 Å². The molecule has 0 radical (unpaired) electrons. The molecule has 54 heavy (non-hydrogen) atoms. The van der Waals surface area contributed by atoms with E-state index in [4.69, 9.17) is 4.84 Å². The number of nitrogens with zero attached hydrogens (tertiary/aromatic N) is 3. The Bertz CT molecular complexity index is 2140. The van der Waals surface area contributed by atoms with Crippen molar-refractivity contribution in [3.8, 4) is 0 Å². The van der Waals surface area contributed by atoms with Gasteiger partial charge in [0.15, 0.2) is 5.71 Å². The molecule has 3 heterocycles. The number of unbranched alkanes of at least 4 members (excludes halogenated alkanes) is 2. The van der Waals surface area contributed by atoms with Crippen molar-refractivity contribution < 1.29 is 79.3 Å². The smallest absolute Gasteiger partial charge is 0.748 e. The molecule has 2 aromatic rings. The van der Waals surface area contributed by atoms with Gasteiger partial charge in [0.2, 0.25) is 5.69 Å². The summed E-state index contributed by atoms with van der Waals surface area (Å²) in [6.07, 6.45) is 11.0. The first-order valence-electron chi connectivity index (χ1n) is 17.5. The van der Waals surface area contributed by atoms with Crippen molar-refractivity contribution in [2.24, 2.45) is 0 Å². The van der Waals surface area contributed by atoms with Crippen molar-refractivity contribution in [2.45, 2.75) is 77.0 Å². The minimum Gasteiger partial charge on any atom is -0.748 e. The third-order valence-corrected chi connectivity index (χ3v) is 11.5. The van der Waals surface area contributed by atoms with E-state index >= 15 is 0 Å². The van der Waals surface area contributed by atoms with Crippen LogP contribution in [0.1, 0.15) is 87.7 Å². The predicted molar refractivity (Wildman–Crippen MR) is 197 cm³/mol. The second kappa shape index (κ2) is 17.1. The maximum absolute atomic E-state index is 13.0. The number of carbonyl (C=O) groups is 3. The molecule has 0 aromatic heterocycles. The Balaban J connectivity index is 0.00000650. The molecule has 0 aliphatic carbocycles. The zero-order valence-corrected chi connectivity index (χ0v) is 34.9. The maximum atomic E-state index is 13.0. The second-order valence-electron chi connectivity index (χ2n) is 14.4. The van der Waals surface area contributed by atoms with E-state index in [0.717, 1.165) is 33.9 Å². The predicted octanol–water partition coefficient (Wildman–Crippen LogP) is 1.73. The number of imide groups is 1. The SMILES string of the molecule is CC1(C)C(/C=C/C=C/C=C2/N(CCCCS(=O)(=O)[O-])c3ccc(C(=O)ON4C(=O)CCC4=O)cc3C2(C)C)=[N+](CCCCS(=O)(=O)[O-])c2ccccc21.[Na+]. The van der Waals surface area contributed by atoms with Gasteiger partial charge in [-0.3, -0.25) is 9.59 Å². The van der Waals surface area contributed by atoms with E-state index in [1.165, 1.54) is 0 Å². The topological polar surface area (TPSA) is 184 Å². The molecule has 1 fully saturated rings. The van der Waals surface area contributed by atoms with Crippen LogP contribution in [-0.4, -0.2) is 83.7 Å². The summed E-state index contributed by atoms with van der Waals surface area (Å²) in [6, 6.07) is 13.0. The fourth-order valence-electron chi connectivity index (χ4n) is 7.17. The average molecular weight is 790 g/mol. The molecule has 0 N–H and O–H groups in total. The number of allylic oxidation sites excluding steroid dienone is 6. The largest absolute Gasteiger partial charge is 1.00 e. The Morgan fingerprint density at radius 2 is 1.46 bits per heavy atom. The molecule has 2 amide bonds. The van der Waals surface area contributed by atoms with Crippen LogP contribution in [0.25, 0.3) is 0 Å². The van der Waals surface area contributed by atoms with E-state index in [1.807, 2.05) is 67.3 Å². The van der Waals surface area contributed by atoms with Gasteiger partial charge in [0.25, 0.3) is 11.8 Å². The molecule has 16 heteroatoms. The van der Waals surface area contributed by atoms with Crippen molar-refractivity contribution >= 4 is 55.1 Å². The van der Waals surface area contributed by atoms with E-state index in [-0.39, 0.29) is 66.2 Å². The van der Waals surface area contributed by atoms with Crippen LogP contribution < -0.4 is 34.5 Å². The van der Waals surface area contributed by atoms with Crippen molar-refractivity contribution in [1.29, 1.82) is 0 Å². The van der Waals surface area contributed by atoms with Crippen LogP contribution in [0.15, 0.2) is 78.5 Å². The van der Waals surface area contributed by atoms with Gasteiger partial charge in [-0.15, -0.1) is 5.06 Å². The molecule has 0 atom stereocenters. The van der Waals surface area contributed by atoms with Crippen molar-refractivity contribution in [1.82, 2.24) is 5.06 Å². The van der Waals surface area contributed by atoms with E-state index in [2.05, 4.69) is 24.5 Å². The van der Waals surface area contributed by atoms with E-state index in [9.17, 15) is 40.3 Å². The molecule has 1 saturated heterocycles. The number of fused-ring (bicyclic) bond motifs is 2. The first-order chi connectivity index (χ1) is 24.8. The summed E-state index contributed by atoms with van der Waals surface area (Å²) in [5.74, 6) is -2.89. The molecular weight excluding hydrogens is 746 g/mol. The molecule has 3 aliphatic rings. The van der Waals surface area contributed by atoms with Crippen LogP contribution in [0.3, 0.4) is 0 Å². The molecule has 2 aromatic carbocycles. The number of para-hydroxylation sites is 1. The quantitative estimate of drug-likeness (QED) is 0.0640. The maximum Gasteiger partial charge on any atom is 1.00 e. The molecular formula is C38H44N3NaO10S2. The summed E-state index contributed by atoms with van der Waals surface area (Å²) in [6.45, 7) is 9.15. The Labute approximate surface area is 339 Å². The van der Waals surface area contributed by atoms with Gasteiger partial charge in [0, 0.05) is 71.8 Å². The van der Waals surface area contributed by atoms with Crippen LogP contribution in [0, 0.1) is 0 Å². The number of hydrogen-bond donors (Lipinski definition) is 0. The van der Waals surface area contributed by atoms with Crippen molar-refractivity contribution in [3.05, 3.63) is 95.2 Å². The average Bonchev–Trinajstić information content (AvgIpc) is 3.59. The molecule has 0 saturated carbocycles. The Morgan fingerprint density at radius 3 is 2.11 bits per heavy atom. The van der Waals surface area contributed by atoms with E-state index in [0.29, 0.717) is 31.0 Å². The minimum atomic E-state index is -4.37. The molecule has 3 aliphatic heterocycles. The number of carbonyl (C=O) groups excluding carboxylic acids is 3. The van der Waals surface area contributed by atoms with Crippen LogP contribution in [0.4, 0.5) is 11.4 Å². The van der Waals surface area contributed by atoms with E-state index < -0.39 is 54.9 Å². The molecule has 0 bridgehead atoms. The van der Waals surface area contributed by atoms with Crippen LogP contribution >= 0.6 is 0 Å². The van der Waals surface area contributed by atoms with Gasteiger partial charge in [-0.05, 0) is 62.9 Å². The second-order valence-corrected chi connectivity index (χ2v) is 17.4. The summed E-state index contributed by atoms with van der Waals surface area (Å²) < 4.78 is 69.4. The molecule has 284 valence electrons. The molecule has 0 spiro atoms. The number of anilines is 1. The van der Waals surface area contributed by atoms with Gasteiger partial charge >= 0.3 is 35.5 Å². The minimum absolute atomic E-state index is 0. The number of benzene rings is 2. The summed E-state index contributed by atoms with van der Waals surface area (Å²) in [5.41, 5.74) is 4.74. The van der Waals surface area contributed by atoms with Gasteiger partial charge in [-0.25, -0.2) is 21.6 Å². The first kappa shape index (κ1) is 43.3. The van der Waals surface area contributed by atoms with Gasteiger partial charge in [0.1, 0.15) is 6.54 Å². The summed E-state index contributed by atoms with van der Waals surface area (Å²) in [5, 5.41) is 0.505. The zero-order valence-electron chi connectivity index (χ0n) is 31.2. The number of hydroxylamine groups is 2. The van der Waals surface area contributed by atoms with E-state index in [1.54, 1.807) is 18.2 Å². The zero-order chi connectivity index (χ0) is 38.8. The third-order valence-electron chi connectivity index (χ3n) is 9.89. The summed E-state index contributed by atoms with van der Waals surface area (Å²) in [4.78, 5) is 44.3.